The summed E-state index contributed by atoms with van der Waals surface area (Å²) in [7, 11) is 0. The van der Waals surface area contributed by atoms with E-state index in [9.17, 15) is 9.18 Å². The molecule has 2 aromatic carbocycles. The summed E-state index contributed by atoms with van der Waals surface area (Å²) in [4.78, 5) is 16.9. The molecule has 0 aliphatic heterocycles. The molecule has 0 fully saturated rings. The smallest absolute Gasteiger partial charge is 0.239 e. The topological polar surface area (TPSA) is 79.8 Å². The average Bonchev–Trinajstić information content (AvgIpc) is 3.27. The number of carbonyl (C=O) groups excluding carboxylic acids is 1. The van der Waals surface area contributed by atoms with Crippen LogP contribution >= 0.6 is 34.4 Å². The summed E-state index contributed by atoms with van der Waals surface area (Å²) in [6.45, 7) is 1.80. The van der Waals surface area contributed by atoms with Crippen molar-refractivity contribution in [3.63, 3.8) is 0 Å². The molecule has 0 bridgehead atoms. The molecule has 0 aliphatic carbocycles. The van der Waals surface area contributed by atoms with Crippen molar-refractivity contribution in [3.8, 4) is 0 Å². The Bertz CT molecular complexity index is 1100. The summed E-state index contributed by atoms with van der Waals surface area (Å²) in [6.07, 6.45) is 0. The van der Waals surface area contributed by atoms with E-state index in [0.717, 1.165) is 10.2 Å². The lowest BCUT2D eigenvalue weighted by Gasteiger charge is -2.07. The van der Waals surface area contributed by atoms with E-state index in [2.05, 4.69) is 25.8 Å². The molecule has 142 valence electrons. The molecule has 10 heteroatoms. The standard InChI is InChI=1S/C18H14FN5OS3/c1-10(15(25)22-16-21-13-7-2-3-8-14(13)27-16)26-18-24-23-17(28-18)20-12-6-4-5-11(19)9-12/h2-10H,1H3,(H,20,23)(H,21,22,25). The van der Waals surface area contributed by atoms with Crippen molar-refractivity contribution in [2.75, 3.05) is 10.6 Å². The Morgan fingerprint density at radius 2 is 1.96 bits per heavy atom. The second-order valence-corrected chi connectivity index (χ2v) is 9.34. The van der Waals surface area contributed by atoms with Crippen molar-refractivity contribution < 1.29 is 9.18 Å². The molecule has 28 heavy (non-hydrogen) atoms. The molecule has 0 radical (unpaired) electrons. The summed E-state index contributed by atoms with van der Waals surface area (Å²) < 4.78 is 14.9. The summed E-state index contributed by atoms with van der Waals surface area (Å²) in [5.74, 6) is -0.483. The van der Waals surface area contributed by atoms with Gasteiger partial charge in [0, 0.05) is 5.69 Å². The molecule has 4 aromatic rings. The van der Waals surface area contributed by atoms with Gasteiger partial charge in [-0.25, -0.2) is 9.37 Å². The van der Waals surface area contributed by atoms with Gasteiger partial charge in [-0.15, -0.1) is 10.2 Å². The van der Waals surface area contributed by atoms with Gasteiger partial charge in [0.2, 0.25) is 11.0 Å². The number of nitrogens with one attached hydrogen (secondary N) is 2. The van der Waals surface area contributed by atoms with E-state index in [-0.39, 0.29) is 17.0 Å². The Kier molecular flexibility index (Phi) is 5.51. The summed E-state index contributed by atoms with van der Waals surface area (Å²) in [5, 5.41) is 14.7. The first kappa shape index (κ1) is 18.8. The maximum Gasteiger partial charge on any atom is 0.239 e. The van der Waals surface area contributed by atoms with Gasteiger partial charge in [0.25, 0.3) is 0 Å². The van der Waals surface area contributed by atoms with Gasteiger partial charge in [0.1, 0.15) is 5.82 Å². The number of hydrogen-bond donors (Lipinski definition) is 2. The number of nitrogens with zero attached hydrogens (tertiary/aromatic N) is 3. The number of thiazole rings is 1. The fraction of sp³-hybridized carbons (Fsp3) is 0.111. The van der Waals surface area contributed by atoms with Gasteiger partial charge in [0.05, 0.1) is 15.5 Å². The molecule has 1 atom stereocenters. The number of thioether (sulfide) groups is 1. The third-order valence-electron chi connectivity index (χ3n) is 3.65. The van der Waals surface area contributed by atoms with Crippen molar-refractivity contribution in [3.05, 3.63) is 54.3 Å². The highest BCUT2D eigenvalue weighted by atomic mass is 32.2. The number of aromatic nitrogens is 3. The minimum Gasteiger partial charge on any atom is -0.330 e. The molecule has 1 amide bonds. The molecule has 0 saturated heterocycles. The van der Waals surface area contributed by atoms with Crippen LogP contribution in [0.2, 0.25) is 0 Å². The zero-order valence-corrected chi connectivity index (χ0v) is 17.0. The van der Waals surface area contributed by atoms with Crippen molar-refractivity contribution in [1.82, 2.24) is 15.2 Å². The predicted molar refractivity (Wildman–Crippen MR) is 113 cm³/mol. The normalized spacial score (nSPS) is 12.1. The molecule has 0 saturated carbocycles. The Balaban J connectivity index is 1.37. The molecule has 0 aliphatic rings. The number of halogens is 1. The Labute approximate surface area is 172 Å². The maximum atomic E-state index is 13.3. The van der Waals surface area contributed by atoms with Crippen LogP contribution in [-0.4, -0.2) is 26.3 Å². The number of anilines is 3. The fourth-order valence-electron chi connectivity index (χ4n) is 2.34. The zero-order valence-electron chi connectivity index (χ0n) is 14.5. The van der Waals surface area contributed by atoms with E-state index in [1.54, 1.807) is 19.1 Å². The summed E-state index contributed by atoms with van der Waals surface area (Å²) in [6, 6.07) is 13.8. The van der Waals surface area contributed by atoms with Crippen LogP contribution in [0.25, 0.3) is 10.2 Å². The van der Waals surface area contributed by atoms with Crippen LogP contribution in [0.3, 0.4) is 0 Å². The van der Waals surface area contributed by atoms with E-state index < -0.39 is 0 Å². The lowest BCUT2D eigenvalue weighted by atomic mass is 10.3. The fourth-order valence-corrected chi connectivity index (χ4v) is 5.12. The van der Waals surface area contributed by atoms with Crippen LogP contribution in [0, 0.1) is 5.82 Å². The van der Waals surface area contributed by atoms with E-state index in [0.29, 0.717) is 20.3 Å². The monoisotopic (exact) mass is 431 g/mol. The minimum absolute atomic E-state index is 0.154. The lowest BCUT2D eigenvalue weighted by molar-refractivity contribution is -0.115. The highest BCUT2D eigenvalue weighted by Crippen LogP contribution is 2.32. The highest BCUT2D eigenvalue weighted by molar-refractivity contribution is 8.02. The number of fused-ring (bicyclic) bond motifs is 1. The van der Waals surface area contributed by atoms with Gasteiger partial charge in [0.15, 0.2) is 9.47 Å². The van der Waals surface area contributed by atoms with Crippen molar-refractivity contribution in [2.45, 2.75) is 16.5 Å². The Hall–Kier alpha value is -2.56. The Morgan fingerprint density at radius 1 is 1.11 bits per heavy atom. The molecular weight excluding hydrogens is 417 g/mol. The minimum atomic E-state index is -0.373. The average molecular weight is 432 g/mol. The largest absolute Gasteiger partial charge is 0.330 e. The van der Waals surface area contributed by atoms with Crippen molar-refractivity contribution in [1.29, 1.82) is 0 Å². The van der Waals surface area contributed by atoms with Crippen LogP contribution < -0.4 is 10.6 Å². The quantitative estimate of drug-likeness (QED) is 0.411. The molecule has 2 heterocycles. The Morgan fingerprint density at radius 3 is 2.79 bits per heavy atom. The molecule has 2 N–H and O–H groups in total. The number of rotatable bonds is 6. The van der Waals surface area contributed by atoms with E-state index in [1.165, 1.54) is 46.6 Å². The van der Waals surface area contributed by atoms with Gasteiger partial charge in [-0.1, -0.05) is 52.6 Å². The van der Waals surface area contributed by atoms with Crippen molar-refractivity contribution in [2.24, 2.45) is 0 Å². The predicted octanol–water partition coefficient (Wildman–Crippen LogP) is 5.15. The summed E-state index contributed by atoms with van der Waals surface area (Å²) in [5.41, 5.74) is 1.45. The van der Waals surface area contributed by atoms with Crippen molar-refractivity contribution >= 4 is 66.5 Å². The highest BCUT2D eigenvalue weighted by Gasteiger charge is 2.19. The van der Waals surface area contributed by atoms with Gasteiger partial charge in [-0.05, 0) is 37.3 Å². The molecule has 6 nitrogen and oxygen atoms in total. The van der Waals surface area contributed by atoms with Gasteiger partial charge in [-0.2, -0.15) is 0 Å². The van der Waals surface area contributed by atoms with E-state index >= 15 is 0 Å². The number of para-hydroxylation sites is 1. The first-order chi connectivity index (χ1) is 13.6. The number of carbonyl (C=O) groups is 1. The van der Waals surface area contributed by atoms with Crippen LogP contribution in [0.4, 0.5) is 20.3 Å². The molecule has 1 unspecified atom stereocenters. The first-order valence-corrected chi connectivity index (χ1v) is 10.8. The third kappa shape index (κ3) is 4.46. The molecule has 2 aromatic heterocycles. The van der Waals surface area contributed by atoms with Gasteiger partial charge < -0.3 is 10.6 Å². The number of amides is 1. The van der Waals surface area contributed by atoms with Crippen LogP contribution in [0.15, 0.2) is 52.9 Å². The van der Waals surface area contributed by atoms with Gasteiger partial charge >= 0.3 is 0 Å². The third-order valence-corrected chi connectivity index (χ3v) is 6.63. The van der Waals surface area contributed by atoms with E-state index in [1.807, 2.05) is 24.3 Å². The van der Waals surface area contributed by atoms with Crippen LogP contribution in [0.1, 0.15) is 6.92 Å². The first-order valence-electron chi connectivity index (χ1n) is 8.26. The molecule has 0 spiro atoms. The van der Waals surface area contributed by atoms with Crippen LogP contribution in [0.5, 0.6) is 0 Å². The number of hydrogen-bond acceptors (Lipinski definition) is 8. The molecular formula is C18H14FN5OS3. The zero-order chi connectivity index (χ0) is 19.5. The molecule has 4 rings (SSSR count). The number of benzene rings is 2. The SMILES string of the molecule is CC(Sc1nnc(Nc2cccc(F)c2)s1)C(=O)Nc1nc2ccccc2s1. The lowest BCUT2D eigenvalue weighted by Crippen LogP contribution is -2.22. The second kappa shape index (κ2) is 8.21. The van der Waals surface area contributed by atoms with Gasteiger partial charge in [-0.3, -0.25) is 4.79 Å². The second-order valence-electron chi connectivity index (χ2n) is 5.74. The van der Waals surface area contributed by atoms with E-state index in [4.69, 9.17) is 0 Å². The summed E-state index contributed by atoms with van der Waals surface area (Å²) >= 11 is 4.05. The van der Waals surface area contributed by atoms with Crippen LogP contribution in [-0.2, 0) is 4.79 Å². The maximum absolute atomic E-state index is 13.3.